The van der Waals surface area contributed by atoms with E-state index in [9.17, 15) is 9.59 Å². The molecule has 0 heterocycles. The first-order valence-corrected chi connectivity index (χ1v) is 13.4. The molecule has 4 bridgehead atoms. The fraction of sp³-hybridized carbons (Fsp3) is 0.517. The summed E-state index contributed by atoms with van der Waals surface area (Å²) in [7, 11) is 0. The molecule has 0 radical (unpaired) electrons. The van der Waals surface area contributed by atoms with E-state index in [4.69, 9.17) is 4.74 Å². The molecule has 33 heavy (non-hydrogen) atoms. The molecule has 4 fully saturated rings. The summed E-state index contributed by atoms with van der Waals surface area (Å²) in [6, 6.07) is 11.9. The van der Waals surface area contributed by atoms with E-state index in [0.717, 1.165) is 40.2 Å². The number of benzene rings is 2. The average Bonchev–Trinajstić information content (AvgIpc) is 2.78. The largest absolute Gasteiger partial charge is 0.462 e. The Hall–Kier alpha value is -2.07. The van der Waals surface area contributed by atoms with E-state index in [1.807, 2.05) is 18.2 Å². The van der Waals surface area contributed by atoms with Crippen LogP contribution in [0.25, 0.3) is 0 Å². The van der Waals surface area contributed by atoms with Crippen LogP contribution in [0.1, 0.15) is 89.8 Å². The van der Waals surface area contributed by atoms with E-state index in [2.05, 4.69) is 26.0 Å². The first-order chi connectivity index (χ1) is 15.9. The molecule has 0 saturated heterocycles. The van der Waals surface area contributed by atoms with E-state index in [1.165, 1.54) is 61.4 Å². The molecule has 4 aliphatic carbocycles. The quantitative estimate of drug-likeness (QED) is 0.338. The van der Waals surface area contributed by atoms with Crippen molar-refractivity contribution in [2.24, 2.45) is 17.8 Å². The third-order valence-electron chi connectivity index (χ3n) is 8.24. The SMILES string of the molecule is CCOC(=O)c1ccc(SC(=O)c2ccc(C)c(C34CC5CC(CC(C5)C3)C4)c2)c(CC)c1. The zero-order chi connectivity index (χ0) is 23.2. The predicted molar refractivity (Wildman–Crippen MR) is 133 cm³/mol. The number of carbonyl (C=O) groups is 2. The van der Waals surface area contributed by atoms with Crippen LogP contribution in [-0.2, 0) is 16.6 Å². The van der Waals surface area contributed by atoms with Crippen molar-refractivity contribution in [2.75, 3.05) is 6.61 Å². The third-order valence-corrected chi connectivity index (χ3v) is 9.28. The summed E-state index contributed by atoms with van der Waals surface area (Å²) in [5, 5.41) is 0.0829. The molecule has 0 atom stereocenters. The van der Waals surface area contributed by atoms with Gasteiger partial charge in [0.25, 0.3) is 0 Å². The molecule has 0 aromatic heterocycles. The van der Waals surface area contributed by atoms with Crippen LogP contribution in [0, 0.1) is 24.7 Å². The molecule has 0 unspecified atom stereocenters. The van der Waals surface area contributed by atoms with Crippen molar-refractivity contribution < 1.29 is 14.3 Å². The van der Waals surface area contributed by atoms with E-state index < -0.39 is 0 Å². The maximum atomic E-state index is 13.4. The first-order valence-electron chi connectivity index (χ1n) is 12.5. The normalized spacial score (nSPS) is 27.5. The smallest absolute Gasteiger partial charge is 0.338 e. The highest BCUT2D eigenvalue weighted by Crippen LogP contribution is 2.61. The van der Waals surface area contributed by atoms with Crippen LogP contribution in [0.5, 0.6) is 0 Å². The topological polar surface area (TPSA) is 43.4 Å². The maximum absolute atomic E-state index is 13.4. The summed E-state index contributed by atoms with van der Waals surface area (Å²) < 4.78 is 5.13. The average molecular weight is 463 g/mol. The summed E-state index contributed by atoms with van der Waals surface area (Å²) in [4.78, 5) is 26.4. The van der Waals surface area contributed by atoms with E-state index >= 15 is 0 Å². The number of thioether (sulfide) groups is 1. The van der Waals surface area contributed by atoms with Crippen LogP contribution in [0.3, 0.4) is 0 Å². The van der Waals surface area contributed by atoms with Crippen molar-refractivity contribution in [1.82, 2.24) is 0 Å². The molecular formula is C29H34O3S. The fourth-order valence-corrected chi connectivity index (χ4v) is 8.13. The number of aryl methyl sites for hydroxylation is 2. The number of ether oxygens (including phenoxy) is 1. The molecule has 0 spiro atoms. The van der Waals surface area contributed by atoms with Crippen molar-refractivity contribution >= 4 is 22.8 Å². The Morgan fingerprint density at radius 3 is 2.18 bits per heavy atom. The molecular weight excluding hydrogens is 428 g/mol. The first kappa shape index (κ1) is 22.7. The van der Waals surface area contributed by atoms with Crippen LogP contribution in [0.4, 0.5) is 0 Å². The second kappa shape index (κ2) is 8.94. The van der Waals surface area contributed by atoms with Crippen LogP contribution >= 0.6 is 11.8 Å². The van der Waals surface area contributed by atoms with Gasteiger partial charge in [-0.1, -0.05) is 19.1 Å². The van der Waals surface area contributed by atoms with Gasteiger partial charge >= 0.3 is 5.97 Å². The van der Waals surface area contributed by atoms with Crippen molar-refractivity contribution in [2.45, 2.75) is 76.0 Å². The highest BCUT2D eigenvalue weighted by Gasteiger charge is 2.52. The molecule has 2 aromatic rings. The molecule has 4 heteroatoms. The van der Waals surface area contributed by atoms with Gasteiger partial charge in [-0.3, -0.25) is 4.79 Å². The standard InChI is InChI=1S/C29H34O3S/c1-4-22-13-23(27(30)32-5-2)8-9-26(22)33-28(31)24-7-6-18(3)25(14-24)29-15-19-10-20(16-29)12-21(11-19)17-29/h6-9,13-14,19-21H,4-5,10-12,15-17H2,1-3H3. The number of hydrogen-bond acceptors (Lipinski definition) is 4. The highest BCUT2D eigenvalue weighted by molar-refractivity contribution is 8.14. The van der Waals surface area contributed by atoms with E-state index in [0.29, 0.717) is 12.2 Å². The Morgan fingerprint density at radius 2 is 1.58 bits per heavy atom. The molecule has 6 rings (SSSR count). The Morgan fingerprint density at radius 1 is 0.939 bits per heavy atom. The minimum absolute atomic E-state index is 0.0829. The summed E-state index contributed by atoms with van der Waals surface area (Å²) in [6.07, 6.45) is 8.95. The molecule has 4 saturated carbocycles. The lowest BCUT2D eigenvalue weighted by Gasteiger charge is -2.57. The van der Waals surface area contributed by atoms with Gasteiger partial charge in [0.05, 0.1) is 12.2 Å². The second-order valence-electron chi connectivity index (χ2n) is 10.5. The summed E-state index contributed by atoms with van der Waals surface area (Å²) in [5.74, 6) is 2.34. The van der Waals surface area contributed by atoms with Gasteiger partial charge in [0.2, 0.25) is 5.12 Å². The Labute approximate surface area is 201 Å². The molecule has 4 aliphatic rings. The summed E-state index contributed by atoms with van der Waals surface area (Å²) in [5.41, 5.74) is 5.41. The zero-order valence-corrected chi connectivity index (χ0v) is 20.8. The van der Waals surface area contributed by atoms with Crippen molar-refractivity contribution in [3.63, 3.8) is 0 Å². The van der Waals surface area contributed by atoms with Gasteiger partial charge < -0.3 is 4.74 Å². The van der Waals surface area contributed by atoms with Gasteiger partial charge in [-0.2, -0.15) is 0 Å². The molecule has 0 amide bonds. The number of hydrogen-bond donors (Lipinski definition) is 0. The van der Waals surface area contributed by atoms with Crippen molar-refractivity contribution in [3.05, 3.63) is 64.2 Å². The molecule has 2 aromatic carbocycles. The molecule has 0 N–H and O–H groups in total. The predicted octanol–water partition coefficient (Wildman–Crippen LogP) is 7.13. The van der Waals surface area contributed by atoms with Crippen LogP contribution in [-0.4, -0.2) is 17.7 Å². The van der Waals surface area contributed by atoms with Gasteiger partial charge in [-0.25, -0.2) is 4.79 Å². The van der Waals surface area contributed by atoms with Gasteiger partial charge in [0, 0.05) is 10.5 Å². The van der Waals surface area contributed by atoms with Crippen LogP contribution in [0.15, 0.2) is 41.3 Å². The van der Waals surface area contributed by atoms with Gasteiger partial charge in [0.15, 0.2) is 0 Å². The molecule has 174 valence electrons. The lowest BCUT2D eigenvalue weighted by Crippen LogP contribution is -2.48. The minimum atomic E-state index is -0.311. The molecule has 3 nitrogen and oxygen atoms in total. The number of carbonyl (C=O) groups excluding carboxylic acids is 2. The van der Waals surface area contributed by atoms with Crippen LogP contribution < -0.4 is 0 Å². The summed E-state index contributed by atoms with van der Waals surface area (Å²) in [6.45, 7) is 6.43. The Bertz CT molecular complexity index is 1050. The fourth-order valence-electron chi connectivity index (χ4n) is 7.22. The third kappa shape index (κ3) is 4.27. The highest BCUT2D eigenvalue weighted by atomic mass is 32.2. The van der Waals surface area contributed by atoms with E-state index in [-0.39, 0.29) is 16.5 Å². The molecule has 0 aliphatic heterocycles. The minimum Gasteiger partial charge on any atom is -0.462 e. The maximum Gasteiger partial charge on any atom is 0.338 e. The number of esters is 1. The van der Waals surface area contributed by atoms with Gasteiger partial charge in [-0.15, -0.1) is 0 Å². The Balaban J connectivity index is 1.40. The number of rotatable bonds is 6. The lowest BCUT2D eigenvalue weighted by molar-refractivity contribution is -0.00547. The second-order valence-corrected chi connectivity index (χ2v) is 11.5. The Kier molecular flexibility index (Phi) is 6.15. The lowest BCUT2D eigenvalue weighted by atomic mass is 9.47. The zero-order valence-electron chi connectivity index (χ0n) is 20.0. The van der Waals surface area contributed by atoms with Crippen molar-refractivity contribution in [3.8, 4) is 0 Å². The van der Waals surface area contributed by atoms with Gasteiger partial charge in [-0.05, 0) is 135 Å². The monoisotopic (exact) mass is 462 g/mol. The van der Waals surface area contributed by atoms with Gasteiger partial charge in [0.1, 0.15) is 0 Å². The summed E-state index contributed by atoms with van der Waals surface area (Å²) >= 11 is 1.28. The van der Waals surface area contributed by atoms with Crippen LogP contribution in [0.2, 0.25) is 0 Å². The van der Waals surface area contributed by atoms with Crippen molar-refractivity contribution in [1.29, 1.82) is 0 Å². The van der Waals surface area contributed by atoms with E-state index in [1.54, 1.807) is 13.0 Å².